The number of amides is 1. The lowest BCUT2D eigenvalue weighted by molar-refractivity contribution is -0.124. The number of hydrogen-bond donors (Lipinski definition) is 1. The van der Waals surface area contributed by atoms with Crippen molar-refractivity contribution in [2.45, 2.75) is 30.7 Å². The second-order valence-electron chi connectivity index (χ2n) is 5.68. The van der Waals surface area contributed by atoms with Gasteiger partial charge in [-0.05, 0) is 42.7 Å². The molecule has 1 aliphatic rings. The monoisotopic (exact) mass is 332 g/mol. The highest BCUT2D eigenvalue weighted by molar-refractivity contribution is 7.89. The second-order valence-corrected chi connectivity index (χ2v) is 7.57. The van der Waals surface area contributed by atoms with Gasteiger partial charge in [0.25, 0.3) is 0 Å². The molecule has 1 saturated heterocycles. The van der Waals surface area contributed by atoms with Crippen LogP contribution >= 0.6 is 0 Å². The molecule has 0 bridgehead atoms. The summed E-state index contributed by atoms with van der Waals surface area (Å²) in [7, 11) is -3.67. The Hall–Kier alpha value is -1.92. The van der Waals surface area contributed by atoms with Gasteiger partial charge in [-0.2, -0.15) is 4.31 Å². The van der Waals surface area contributed by atoms with E-state index in [2.05, 4.69) is 5.32 Å². The summed E-state index contributed by atoms with van der Waals surface area (Å²) < 4.78 is 27.2. The number of benzene rings is 2. The van der Waals surface area contributed by atoms with E-state index in [0.29, 0.717) is 25.9 Å². The molecule has 0 aliphatic carbocycles. The average molecular weight is 332 g/mol. The highest BCUT2D eigenvalue weighted by atomic mass is 32.2. The molecule has 0 spiro atoms. The van der Waals surface area contributed by atoms with Crippen molar-refractivity contribution in [1.82, 2.24) is 9.62 Å². The van der Waals surface area contributed by atoms with Crippen LogP contribution in [0.3, 0.4) is 0 Å². The third-order valence-corrected chi connectivity index (χ3v) is 6.09. The molecule has 0 unspecified atom stereocenters. The summed E-state index contributed by atoms with van der Waals surface area (Å²) in [5, 5.41) is 4.60. The quantitative estimate of drug-likeness (QED) is 0.933. The SMILES string of the molecule is CCNC(=O)[C@H]1CCCN1S(=O)(=O)c1ccc2ccccc2c1. The first kappa shape index (κ1) is 16.0. The van der Waals surface area contributed by atoms with Crippen LogP contribution in [0.25, 0.3) is 10.8 Å². The fourth-order valence-electron chi connectivity index (χ4n) is 3.05. The molecule has 2 aromatic rings. The van der Waals surface area contributed by atoms with Gasteiger partial charge < -0.3 is 5.32 Å². The summed E-state index contributed by atoms with van der Waals surface area (Å²) in [4.78, 5) is 12.4. The van der Waals surface area contributed by atoms with Crippen LogP contribution in [-0.2, 0) is 14.8 Å². The Labute approximate surface area is 136 Å². The van der Waals surface area contributed by atoms with Crippen molar-refractivity contribution in [3.05, 3.63) is 42.5 Å². The molecular formula is C17H20N2O3S. The fraction of sp³-hybridized carbons (Fsp3) is 0.353. The smallest absolute Gasteiger partial charge is 0.243 e. The minimum atomic E-state index is -3.67. The minimum absolute atomic E-state index is 0.214. The topological polar surface area (TPSA) is 66.5 Å². The van der Waals surface area contributed by atoms with Crippen molar-refractivity contribution in [2.75, 3.05) is 13.1 Å². The molecule has 5 nitrogen and oxygen atoms in total. The molecule has 23 heavy (non-hydrogen) atoms. The Bertz CT molecular complexity index is 833. The first-order valence-corrected chi connectivity index (χ1v) is 9.26. The zero-order valence-electron chi connectivity index (χ0n) is 13.0. The Morgan fingerprint density at radius 1 is 1.22 bits per heavy atom. The molecule has 0 saturated carbocycles. The van der Waals surface area contributed by atoms with Crippen LogP contribution in [-0.4, -0.2) is 37.8 Å². The van der Waals surface area contributed by atoms with E-state index >= 15 is 0 Å². The molecule has 2 aromatic carbocycles. The maximum atomic E-state index is 12.9. The van der Waals surface area contributed by atoms with E-state index in [4.69, 9.17) is 0 Å². The van der Waals surface area contributed by atoms with Crippen LogP contribution in [0.15, 0.2) is 47.4 Å². The molecule has 1 fully saturated rings. The van der Waals surface area contributed by atoms with Crippen molar-refractivity contribution in [3.63, 3.8) is 0 Å². The second kappa shape index (κ2) is 6.29. The van der Waals surface area contributed by atoms with Crippen LogP contribution in [0, 0.1) is 0 Å². The van der Waals surface area contributed by atoms with Gasteiger partial charge in [0.2, 0.25) is 15.9 Å². The first-order valence-electron chi connectivity index (χ1n) is 7.82. The van der Waals surface area contributed by atoms with Crippen LogP contribution in [0.4, 0.5) is 0 Å². The molecule has 1 amide bonds. The molecule has 1 atom stereocenters. The molecule has 3 rings (SSSR count). The molecule has 6 heteroatoms. The van der Waals surface area contributed by atoms with Crippen molar-refractivity contribution in [1.29, 1.82) is 0 Å². The van der Waals surface area contributed by atoms with Gasteiger partial charge in [-0.1, -0.05) is 30.3 Å². The van der Waals surface area contributed by atoms with Gasteiger partial charge in [0.1, 0.15) is 6.04 Å². The first-order chi connectivity index (χ1) is 11.0. The van der Waals surface area contributed by atoms with Gasteiger partial charge in [-0.25, -0.2) is 8.42 Å². The molecule has 1 aliphatic heterocycles. The van der Waals surface area contributed by atoms with E-state index < -0.39 is 16.1 Å². The van der Waals surface area contributed by atoms with Gasteiger partial charge in [0.05, 0.1) is 4.90 Å². The number of rotatable bonds is 4. The van der Waals surface area contributed by atoms with Gasteiger partial charge in [0.15, 0.2) is 0 Å². The average Bonchev–Trinajstić information content (AvgIpc) is 3.05. The minimum Gasteiger partial charge on any atom is -0.355 e. The normalized spacial score (nSPS) is 19.1. The standard InChI is InChI=1S/C17H20N2O3S/c1-2-18-17(20)16-8-5-11-19(16)23(21,22)15-10-9-13-6-3-4-7-14(13)12-15/h3-4,6-7,9-10,12,16H,2,5,8,11H2,1H3,(H,18,20)/t16-/m1/s1. The van der Waals surface area contributed by atoms with Gasteiger partial charge in [-0.15, -0.1) is 0 Å². The summed E-state index contributed by atoms with van der Waals surface area (Å²) in [6.07, 6.45) is 1.27. The van der Waals surface area contributed by atoms with Crippen molar-refractivity contribution < 1.29 is 13.2 Å². The van der Waals surface area contributed by atoms with E-state index in [-0.39, 0.29) is 10.8 Å². The molecule has 1 heterocycles. The van der Waals surface area contributed by atoms with Crippen molar-refractivity contribution >= 4 is 26.7 Å². The number of hydrogen-bond acceptors (Lipinski definition) is 3. The van der Waals surface area contributed by atoms with E-state index in [9.17, 15) is 13.2 Å². The summed E-state index contributed by atoms with van der Waals surface area (Å²) in [5.41, 5.74) is 0. The lowest BCUT2D eigenvalue weighted by Crippen LogP contribution is -2.45. The summed E-state index contributed by atoms with van der Waals surface area (Å²) in [5.74, 6) is -0.214. The van der Waals surface area contributed by atoms with Crippen LogP contribution in [0.1, 0.15) is 19.8 Å². The fourth-order valence-corrected chi connectivity index (χ4v) is 4.74. The van der Waals surface area contributed by atoms with Gasteiger partial charge in [-0.3, -0.25) is 4.79 Å². The number of likely N-dealkylation sites (N-methyl/N-ethyl adjacent to an activating group) is 1. The molecule has 1 N–H and O–H groups in total. The van der Waals surface area contributed by atoms with E-state index in [1.54, 1.807) is 18.2 Å². The maximum Gasteiger partial charge on any atom is 0.243 e. The van der Waals surface area contributed by atoms with Crippen LogP contribution < -0.4 is 5.32 Å². The van der Waals surface area contributed by atoms with Crippen molar-refractivity contribution in [3.8, 4) is 0 Å². The number of carbonyl (C=O) groups excluding carboxylic acids is 1. The maximum absolute atomic E-state index is 12.9. The Balaban J connectivity index is 1.97. The van der Waals surface area contributed by atoms with Gasteiger partial charge in [0, 0.05) is 13.1 Å². The Morgan fingerprint density at radius 2 is 1.96 bits per heavy atom. The third kappa shape index (κ3) is 2.96. The Morgan fingerprint density at radius 3 is 2.70 bits per heavy atom. The number of fused-ring (bicyclic) bond motifs is 1. The number of carbonyl (C=O) groups is 1. The van der Waals surface area contributed by atoms with E-state index in [0.717, 1.165) is 10.8 Å². The highest BCUT2D eigenvalue weighted by Gasteiger charge is 2.39. The molecular weight excluding hydrogens is 312 g/mol. The largest absolute Gasteiger partial charge is 0.355 e. The zero-order valence-corrected chi connectivity index (χ0v) is 13.8. The molecule has 0 aromatic heterocycles. The summed E-state index contributed by atoms with van der Waals surface area (Å²) >= 11 is 0. The summed E-state index contributed by atoms with van der Waals surface area (Å²) in [6.45, 7) is 2.71. The third-order valence-electron chi connectivity index (χ3n) is 4.18. The van der Waals surface area contributed by atoms with E-state index in [1.165, 1.54) is 4.31 Å². The molecule has 0 radical (unpaired) electrons. The number of nitrogens with one attached hydrogen (secondary N) is 1. The van der Waals surface area contributed by atoms with Gasteiger partial charge >= 0.3 is 0 Å². The zero-order chi connectivity index (χ0) is 16.4. The predicted molar refractivity (Wildman–Crippen MR) is 89.5 cm³/mol. The van der Waals surface area contributed by atoms with E-state index in [1.807, 2.05) is 31.2 Å². The van der Waals surface area contributed by atoms with Crippen LogP contribution in [0.5, 0.6) is 0 Å². The van der Waals surface area contributed by atoms with Crippen molar-refractivity contribution in [2.24, 2.45) is 0 Å². The predicted octanol–water partition coefficient (Wildman–Crippen LogP) is 2.13. The Kier molecular flexibility index (Phi) is 4.37. The number of sulfonamides is 1. The number of nitrogens with zero attached hydrogens (tertiary/aromatic N) is 1. The lowest BCUT2D eigenvalue weighted by Gasteiger charge is -2.23. The van der Waals surface area contributed by atoms with Crippen LogP contribution in [0.2, 0.25) is 0 Å². The molecule has 122 valence electrons. The highest BCUT2D eigenvalue weighted by Crippen LogP contribution is 2.28. The lowest BCUT2D eigenvalue weighted by atomic mass is 10.1. The summed E-state index contributed by atoms with van der Waals surface area (Å²) in [6, 6.07) is 12.1.